The van der Waals surface area contributed by atoms with Gasteiger partial charge in [-0.2, -0.15) is 0 Å². The van der Waals surface area contributed by atoms with Crippen molar-refractivity contribution in [1.29, 1.82) is 0 Å². The van der Waals surface area contributed by atoms with E-state index in [1.54, 1.807) is 6.07 Å². The van der Waals surface area contributed by atoms with Crippen LogP contribution in [0.3, 0.4) is 0 Å². The molecule has 0 bridgehead atoms. The van der Waals surface area contributed by atoms with Crippen LogP contribution in [-0.2, 0) is 14.8 Å². The Bertz CT molecular complexity index is 1360. The van der Waals surface area contributed by atoms with Gasteiger partial charge in [0, 0.05) is 18.1 Å². The number of amides is 1. The van der Waals surface area contributed by atoms with Crippen LogP contribution in [0, 0.1) is 0 Å². The third-order valence-electron chi connectivity index (χ3n) is 4.22. The number of sulfonamides is 1. The van der Waals surface area contributed by atoms with Gasteiger partial charge < -0.3 is 10.1 Å². The molecule has 2 N–H and O–H groups in total. The summed E-state index contributed by atoms with van der Waals surface area (Å²) in [4.78, 5) is 24.6. The number of hydrogen-bond acceptors (Lipinski definition) is 9. The highest BCUT2D eigenvalue weighted by molar-refractivity contribution is 8.01. The molecule has 0 saturated carbocycles. The quantitative estimate of drug-likeness (QED) is 0.330. The maximum Gasteiger partial charge on any atom is 0.264 e. The third kappa shape index (κ3) is 5.97. The molecule has 9 nitrogen and oxygen atoms in total. The molecule has 0 atom stereocenters. The van der Waals surface area contributed by atoms with E-state index in [1.807, 2.05) is 25.1 Å². The molecule has 2 heterocycles. The number of thioether (sulfide) groups is 1. The van der Waals surface area contributed by atoms with Gasteiger partial charge in [-0.25, -0.2) is 28.1 Å². The van der Waals surface area contributed by atoms with Crippen molar-refractivity contribution in [2.24, 2.45) is 0 Å². The summed E-state index contributed by atoms with van der Waals surface area (Å²) < 4.78 is 34.4. The Labute approximate surface area is 198 Å². The minimum absolute atomic E-state index is 0.0177. The van der Waals surface area contributed by atoms with Gasteiger partial charge in [-0.05, 0) is 55.5 Å². The zero-order valence-corrected chi connectivity index (χ0v) is 19.8. The van der Waals surface area contributed by atoms with Gasteiger partial charge in [0.1, 0.15) is 5.75 Å². The highest BCUT2D eigenvalue weighted by Crippen LogP contribution is 2.32. The van der Waals surface area contributed by atoms with Crippen LogP contribution < -0.4 is 14.8 Å². The minimum atomic E-state index is -3.83. The van der Waals surface area contributed by atoms with E-state index in [0.29, 0.717) is 12.3 Å². The number of thiazole rings is 1. The third-order valence-corrected chi connectivity index (χ3v) is 7.72. The van der Waals surface area contributed by atoms with Crippen molar-refractivity contribution in [3.05, 3.63) is 60.9 Å². The Kier molecular flexibility index (Phi) is 7.06. The Morgan fingerprint density at radius 2 is 1.88 bits per heavy atom. The van der Waals surface area contributed by atoms with E-state index in [0.717, 1.165) is 20.3 Å². The summed E-state index contributed by atoms with van der Waals surface area (Å²) >= 11 is 2.84. The lowest BCUT2D eigenvalue weighted by Gasteiger charge is -2.08. The molecule has 4 aromatic rings. The van der Waals surface area contributed by atoms with E-state index in [-0.39, 0.29) is 22.5 Å². The van der Waals surface area contributed by atoms with Gasteiger partial charge in [0.25, 0.3) is 10.0 Å². The molecule has 0 aliphatic carbocycles. The zero-order valence-electron chi connectivity index (χ0n) is 17.4. The van der Waals surface area contributed by atoms with Crippen LogP contribution in [0.15, 0.2) is 70.2 Å². The molecule has 2 aromatic carbocycles. The predicted molar refractivity (Wildman–Crippen MR) is 129 cm³/mol. The maximum atomic E-state index is 12.4. The fraction of sp³-hybridized carbons (Fsp3) is 0.143. The summed E-state index contributed by atoms with van der Waals surface area (Å²) in [6.07, 6.45) is 2.88. The van der Waals surface area contributed by atoms with Crippen LogP contribution in [0.1, 0.15) is 6.92 Å². The van der Waals surface area contributed by atoms with E-state index >= 15 is 0 Å². The smallest absolute Gasteiger partial charge is 0.264 e. The highest BCUT2D eigenvalue weighted by atomic mass is 32.2. The Morgan fingerprint density at radius 3 is 2.61 bits per heavy atom. The number of benzene rings is 2. The normalized spacial score (nSPS) is 11.3. The average molecular weight is 502 g/mol. The average Bonchev–Trinajstić information content (AvgIpc) is 3.21. The second-order valence-electron chi connectivity index (χ2n) is 6.58. The molecule has 170 valence electrons. The van der Waals surface area contributed by atoms with Crippen LogP contribution in [0.2, 0.25) is 0 Å². The number of anilines is 2. The van der Waals surface area contributed by atoms with Crippen LogP contribution in [-0.4, -0.2) is 41.6 Å². The van der Waals surface area contributed by atoms with Gasteiger partial charge in [0.15, 0.2) is 4.34 Å². The largest absolute Gasteiger partial charge is 0.494 e. The predicted octanol–water partition coefficient (Wildman–Crippen LogP) is 4.02. The standard InChI is InChI=1S/C21H19N5O4S3/c1-2-30-15-6-9-17-18(12-15)32-21(25-17)31-13-19(27)24-14-4-7-16(8-5-14)33(28,29)26-20-22-10-3-11-23-20/h3-12H,2,13H2,1H3,(H,24,27)(H,22,23,26). The number of nitrogens with zero attached hydrogens (tertiary/aromatic N) is 3. The first kappa shape index (κ1) is 23.0. The number of rotatable bonds is 9. The number of nitrogens with one attached hydrogen (secondary N) is 2. The first-order valence-corrected chi connectivity index (χ1v) is 13.1. The van der Waals surface area contributed by atoms with Crippen LogP contribution in [0.4, 0.5) is 11.6 Å². The zero-order chi connectivity index (χ0) is 23.3. The number of carbonyl (C=O) groups is 1. The van der Waals surface area contributed by atoms with E-state index < -0.39 is 10.0 Å². The van der Waals surface area contributed by atoms with Crippen LogP contribution in [0.25, 0.3) is 10.2 Å². The lowest BCUT2D eigenvalue weighted by atomic mass is 10.3. The topological polar surface area (TPSA) is 123 Å². The second kappa shape index (κ2) is 10.1. The number of carbonyl (C=O) groups excluding carboxylic acids is 1. The highest BCUT2D eigenvalue weighted by Gasteiger charge is 2.16. The van der Waals surface area contributed by atoms with E-state index in [2.05, 4.69) is 25.0 Å². The van der Waals surface area contributed by atoms with Crippen molar-refractivity contribution in [3.63, 3.8) is 0 Å². The van der Waals surface area contributed by atoms with Crippen LogP contribution >= 0.6 is 23.1 Å². The van der Waals surface area contributed by atoms with E-state index in [1.165, 1.54) is 59.8 Å². The van der Waals surface area contributed by atoms with E-state index in [4.69, 9.17) is 4.74 Å². The molecule has 0 unspecified atom stereocenters. The molecule has 4 rings (SSSR count). The molecule has 0 fully saturated rings. The van der Waals surface area contributed by atoms with Gasteiger partial charge in [-0.3, -0.25) is 4.79 Å². The van der Waals surface area contributed by atoms with Crippen molar-refractivity contribution < 1.29 is 17.9 Å². The molecule has 0 spiro atoms. The summed E-state index contributed by atoms with van der Waals surface area (Å²) in [5.74, 6) is 0.724. The van der Waals surface area contributed by atoms with Gasteiger partial charge in [-0.15, -0.1) is 11.3 Å². The molecule has 0 aliphatic rings. The first-order chi connectivity index (χ1) is 15.9. The summed E-state index contributed by atoms with van der Waals surface area (Å²) in [7, 11) is -3.83. The first-order valence-electron chi connectivity index (χ1n) is 9.79. The molecule has 0 radical (unpaired) electrons. The summed E-state index contributed by atoms with van der Waals surface area (Å²) in [6.45, 7) is 2.52. The SMILES string of the molecule is CCOc1ccc2nc(SCC(=O)Nc3ccc(S(=O)(=O)Nc4ncccn4)cc3)sc2c1. The Hall–Kier alpha value is -3.22. The monoisotopic (exact) mass is 501 g/mol. The molecule has 0 aliphatic heterocycles. The van der Waals surface area contributed by atoms with Crippen LogP contribution in [0.5, 0.6) is 5.75 Å². The number of fused-ring (bicyclic) bond motifs is 1. The van der Waals surface area contributed by atoms with Gasteiger partial charge >= 0.3 is 0 Å². The molecule has 1 amide bonds. The minimum Gasteiger partial charge on any atom is -0.494 e. The summed E-state index contributed by atoms with van der Waals surface area (Å²) in [5, 5.41) is 2.76. The number of aromatic nitrogens is 3. The number of ether oxygens (including phenoxy) is 1. The lowest BCUT2D eigenvalue weighted by molar-refractivity contribution is -0.113. The van der Waals surface area contributed by atoms with Gasteiger partial charge in [0.2, 0.25) is 11.9 Å². The van der Waals surface area contributed by atoms with Crippen molar-refractivity contribution in [3.8, 4) is 5.75 Å². The number of hydrogen-bond donors (Lipinski definition) is 2. The molecule has 33 heavy (non-hydrogen) atoms. The van der Waals surface area contributed by atoms with Crippen molar-refractivity contribution in [1.82, 2.24) is 15.0 Å². The second-order valence-corrected chi connectivity index (χ2v) is 10.5. The van der Waals surface area contributed by atoms with Crippen molar-refractivity contribution in [2.45, 2.75) is 16.2 Å². The molecular formula is C21H19N5O4S3. The molecule has 2 aromatic heterocycles. The maximum absolute atomic E-state index is 12.4. The summed E-state index contributed by atoms with van der Waals surface area (Å²) in [6, 6.07) is 13.1. The Balaban J connectivity index is 1.33. The molecule has 12 heteroatoms. The van der Waals surface area contributed by atoms with Crippen molar-refractivity contribution >= 4 is 60.9 Å². The Morgan fingerprint density at radius 1 is 1.12 bits per heavy atom. The van der Waals surface area contributed by atoms with Crippen molar-refractivity contribution in [2.75, 3.05) is 22.4 Å². The molecular weight excluding hydrogens is 482 g/mol. The fourth-order valence-corrected chi connectivity index (χ4v) is 5.63. The molecule has 0 saturated heterocycles. The van der Waals surface area contributed by atoms with Gasteiger partial charge in [0.05, 0.1) is 27.5 Å². The summed E-state index contributed by atoms with van der Waals surface area (Å²) in [5.41, 5.74) is 1.35. The fourth-order valence-electron chi connectivity index (χ4n) is 2.77. The lowest BCUT2D eigenvalue weighted by Crippen LogP contribution is -2.16. The van der Waals surface area contributed by atoms with E-state index in [9.17, 15) is 13.2 Å². The van der Waals surface area contributed by atoms with Gasteiger partial charge in [-0.1, -0.05) is 11.8 Å².